The molecule has 2 aromatic carbocycles. The third-order valence-electron chi connectivity index (χ3n) is 5.40. The number of carbonyl (C=O) groups is 1. The number of hydrogen-bond acceptors (Lipinski definition) is 4. The van der Waals surface area contributed by atoms with Crippen LogP contribution in [-0.2, 0) is 6.42 Å². The van der Waals surface area contributed by atoms with Gasteiger partial charge in [0.25, 0.3) is 5.91 Å². The fraction of sp³-hybridized carbons (Fsp3) is 0.318. The van der Waals surface area contributed by atoms with Crippen molar-refractivity contribution in [2.24, 2.45) is 0 Å². The number of aromatic nitrogens is 3. The number of hydrogen-bond donors (Lipinski definition) is 0. The molecule has 7 heteroatoms. The van der Waals surface area contributed by atoms with Crippen LogP contribution in [0.5, 0.6) is 0 Å². The number of amides is 1. The third-order valence-corrected chi connectivity index (χ3v) is 5.64. The number of nitrogens with zero attached hydrogens (tertiary/aromatic N) is 5. The summed E-state index contributed by atoms with van der Waals surface area (Å²) in [4.78, 5) is 17.0. The zero-order chi connectivity index (χ0) is 20.4. The fourth-order valence-corrected chi connectivity index (χ4v) is 3.77. The number of anilines is 1. The predicted octanol–water partition coefficient (Wildman–Crippen LogP) is 3.75. The number of carbonyl (C=O) groups excluding carboxylic acids is 1. The van der Waals surface area contributed by atoms with E-state index in [1.807, 2.05) is 35.2 Å². The van der Waals surface area contributed by atoms with Crippen LogP contribution in [0.3, 0.4) is 0 Å². The predicted molar refractivity (Wildman–Crippen MR) is 115 cm³/mol. The van der Waals surface area contributed by atoms with Crippen LogP contribution in [0.4, 0.5) is 5.69 Å². The maximum Gasteiger partial charge on any atom is 0.276 e. The van der Waals surface area contributed by atoms with Gasteiger partial charge in [0.05, 0.1) is 11.9 Å². The van der Waals surface area contributed by atoms with Gasteiger partial charge in [-0.15, -0.1) is 5.10 Å². The summed E-state index contributed by atoms with van der Waals surface area (Å²) in [6.45, 7) is 7.01. The molecule has 1 aliphatic rings. The molecule has 0 bridgehead atoms. The van der Waals surface area contributed by atoms with Crippen LogP contribution in [0.2, 0.25) is 5.02 Å². The summed E-state index contributed by atoms with van der Waals surface area (Å²) in [6.07, 6.45) is 2.69. The van der Waals surface area contributed by atoms with Crippen LogP contribution < -0.4 is 4.90 Å². The maximum atomic E-state index is 12.9. The van der Waals surface area contributed by atoms with Gasteiger partial charge in [0.2, 0.25) is 0 Å². The summed E-state index contributed by atoms with van der Waals surface area (Å²) < 4.78 is 1.65. The Labute approximate surface area is 175 Å². The van der Waals surface area contributed by atoms with Crippen molar-refractivity contribution in [2.75, 3.05) is 31.1 Å². The smallest absolute Gasteiger partial charge is 0.276 e. The first kappa shape index (κ1) is 19.5. The molecule has 1 aromatic heterocycles. The first-order valence-corrected chi connectivity index (χ1v) is 10.2. The van der Waals surface area contributed by atoms with Gasteiger partial charge in [-0.3, -0.25) is 4.79 Å². The van der Waals surface area contributed by atoms with E-state index in [1.54, 1.807) is 10.9 Å². The standard InChI is InChI=1S/C22H24ClN5O/c1-3-17-5-8-19(9-6-17)28-15-20(24-25-28)22(29)27-12-10-26(11-13-27)21-14-18(23)7-4-16(21)2/h4-9,14-15H,3,10-13H2,1-2H3. The number of benzene rings is 2. The molecule has 150 valence electrons. The second-order valence-electron chi connectivity index (χ2n) is 7.28. The number of piperazine rings is 1. The lowest BCUT2D eigenvalue weighted by molar-refractivity contribution is 0.0740. The Kier molecular flexibility index (Phi) is 5.53. The van der Waals surface area contributed by atoms with Gasteiger partial charge in [-0.2, -0.15) is 0 Å². The van der Waals surface area contributed by atoms with Gasteiger partial charge in [-0.05, 0) is 48.7 Å². The Hall–Kier alpha value is -2.86. The molecule has 29 heavy (non-hydrogen) atoms. The molecule has 0 saturated carbocycles. The normalized spacial score (nSPS) is 14.3. The van der Waals surface area contributed by atoms with Gasteiger partial charge in [0, 0.05) is 36.9 Å². The Morgan fingerprint density at radius 1 is 1.07 bits per heavy atom. The Morgan fingerprint density at radius 2 is 1.79 bits per heavy atom. The zero-order valence-corrected chi connectivity index (χ0v) is 17.4. The van der Waals surface area contributed by atoms with E-state index in [0.29, 0.717) is 18.8 Å². The van der Waals surface area contributed by atoms with Gasteiger partial charge >= 0.3 is 0 Å². The summed E-state index contributed by atoms with van der Waals surface area (Å²) in [6, 6.07) is 14.0. The van der Waals surface area contributed by atoms with E-state index in [2.05, 4.69) is 41.2 Å². The largest absolute Gasteiger partial charge is 0.368 e. The summed E-state index contributed by atoms with van der Waals surface area (Å²) in [5, 5.41) is 8.97. The Morgan fingerprint density at radius 3 is 2.48 bits per heavy atom. The van der Waals surface area contributed by atoms with Crippen molar-refractivity contribution in [1.82, 2.24) is 19.9 Å². The number of aryl methyl sites for hydroxylation is 2. The van der Waals surface area contributed by atoms with E-state index in [4.69, 9.17) is 11.6 Å². The van der Waals surface area contributed by atoms with Crippen LogP contribution in [0, 0.1) is 6.92 Å². The van der Waals surface area contributed by atoms with E-state index in [1.165, 1.54) is 11.1 Å². The zero-order valence-electron chi connectivity index (χ0n) is 16.7. The highest BCUT2D eigenvalue weighted by Gasteiger charge is 2.25. The molecule has 1 amide bonds. The molecule has 0 aliphatic carbocycles. The second-order valence-corrected chi connectivity index (χ2v) is 7.71. The fourth-order valence-electron chi connectivity index (χ4n) is 3.61. The summed E-state index contributed by atoms with van der Waals surface area (Å²) in [5.41, 5.74) is 4.85. The average molecular weight is 410 g/mol. The first-order valence-electron chi connectivity index (χ1n) is 9.87. The first-order chi connectivity index (χ1) is 14.0. The van der Waals surface area contributed by atoms with Crippen molar-refractivity contribution in [3.63, 3.8) is 0 Å². The van der Waals surface area contributed by atoms with Crippen molar-refractivity contribution in [1.29, 1.82) is 0 Å². The quantitative estimate of drug-likeness (QED) is 0.658. The van der Waals surface area contributed by atoms with Gasteiger partial charge in [-0.1, -0.05) is 41.9 Å². The summed E-state index contributed by atoms with van der Waals surface area (Å²) in [7, 11) is 0. The molecular weight excluding hydrogens is 386 g/mol. The van der Waals surface area contributed by atoms with Crippen molar-refractivity contribution in [3.8, 4) is 5.69 Å². The van der Waals surface area contributed by atoms with E-state index in [9.17, 15) is 4.79 Å². The molecule has 4 rings (SSSR count). The molecule has 0 N–H and O–H groups in total. The highest BCUT2D eigenvalue weighted by Crippen LogP contribution is 2.25. The lowest BCUT2D eigenvalue weighted by Crippen LogP contribution is -2.49. The van der Waals surface area contributed by atoms with Crippen LogP contribution >= 0.6 is 11.6 Å². The van der Waals surface area contributed by atoms with E-state index >= 15 is 0 Å². The van der Waals surface area contributed by atoms with Crippen LogP contribution in [-0.4, -0.2) is 52.0 Å². The molecular formula is C22H24ClN5O. The van der Waals surface area contributed by atoms with Crippen LogP contribution in [0.25, 0.3) is 5.69 Å². The molecule has 2 heterocycles. The Balaban J connectivity index is 1.42. The minimum atomic E-state index is -0.0797. The highest BCUT2D eigenvalue weighted by molar-refractivity contribution is 6.30. The maximum absolute atomic E-state index is 12.9. The second kappa shape index (κ2) is 8.25. The molecule has 1 saturated heterocycles. The minimum absolute atomic E-state index is 0.0797. The van der Waals surface area contributed by atoms with E-state index in [-0.39, 0.29) is 5.91 Å². The van der Waals surface area contributed by atoms with E-state index in [0.717, 1.165) is 35.9 Å². The van der Waals surface area contributed by atoms with Crippen LogP contribution in [0.15, 0.2) is 48.7 Å². The minimum Gasteiger partial charge on any atom is -0.368 e. The molecule has 0 unspecified atom stereocenters. The molecule has 6 nitrogen and oxygen atoms in total. The van der Waals surface area contributed by atoms with Crippen molar-refractivity contribution in [3.05, 3.63) is 70.5 Å². The topological polar surface area (TPSA) is 54.3 Å². The molecule has 1 aliphatic heterocycles. The molecule has 0 spiro atoms. The molecule has 1 fully saturated rings. The van der Waals surface area contributed by atoms with Crippen molar-refractivity contribution >= 4 is 23.2 Å². The van der Waals surface area contributed by atoms with Gasteiger partial charge in [-0.25, -0.2) is 4.68 Å². The van der Waals surface area contributed by atoms with E-state index < -0.39 is 0 Å². The highest BCUT2D eigenvalue weighted by atomic mass is 35.5. The summed E-state index contributed by atoms with van der Waals surface area (Å²) in [5.74, 6) is -0.0797. The van der Waals surface area contributed by atoms with Gasteiger partial charge in [0.1, 0.15) is 0 Å². The molecule has 0 radical (unpaired) electrons. The summed E-state index contributed by atoms with van der Waals surface area (Å²) >= 11 is 6.16. The Bertz CT molecular complexity index is 1010. The third kappa shape index (κ3) is 4.12. The van der Waals surface area contributed by atoms with Crippen molar-refractivity contribution in [2.45, 2.75) is 20.3 Å². The average Bonchev–Trinajstić information content (AvgIpc) is 3.25. The van der Waals surface area contributed by atoms with Crippen molar-refractivity contribution < 1.29 is 4.79 Å². The van der Waals surface area contributed by atoms with Gasteiger partial charge in [0.15, 0.2) is 5.69 Å². The van der Waals surface area contributed by atoms with Crippen LogP contribution in [0.1, 0.15) is 28.5 Å². The lowest BCUT2D eigenvalue weighted by Gasteiger charge is -2.36. The lowest BCUT2D eigenvalue weighted by atomic mass is 10.1. The van der Waals surface area contributed by atoms with Gasteiger partial charge < -0.3 is 9.80 Å². The number of halogens is 1. The number of rotatable bonds is 4. The SMILES string of the molecule is CCc1ccc(-n2cc(C(=O)N3CCN(c4cc(Cl)ccc4C)CC3)nn2)cc1. The molecule has 3 aromatic rings. The monoisotopic (exact) mass is 409 g/mol. The molecule has 0 atom stereocenters.